The van der Waals surface area contributed by atoms with Gasteiger partial charge in [0.1, 0.15) is 18.7 Å². The molecule has 0 aromatic carbocycles. The number of ether oxygens (including phenoxy) is 1. The summed E-state index contributed by atoms with van der Waals surface area (Å²) in [6.45, 7) is 0.725. The Labute approximate surface area is 81.3 Å². The van der Waals surface area contributed by atoms with Crippen LogP contribution in [-0.2, 0) is 9.53 Å². The normalized spacial score (nSPS) is 26.4. The lowest BCUT2D eigenvalue weighted by atomic mass is 10.2. The zero-order valence-corrected chi connectivity index (χ0v) is 7.88. The zero-order chi connectivity index (χ0) is 9.97. The minimum absolute atomic E-state index is 0.196. The highest BCUT2D eigenvalue weighted by Crippen LogP contribution is 2.18. The Morgan fingerprint density at radius 3 is 3.21 bits per heavy atom. The predicted molar refractivity (Wildman–Crippen MR) is 47.5 cm³/mol. The highest BCUT2D eigenvalue weighted by Gasteiger charge is 2.31. The molecule has 14 heavy (non-hydrogen) atoms. The number of hydrogen-bond donors (Lipinski definition) is 1. The number of rotatable bonds is 2. The summed E-state index contributed by atoms with van der Waals surface area (Å²) in [4.78, 5) is 15.1. The molecule has 1 N–H and O–H groups in total. The van der Waals surface area contributed by atoms with Crippen LogP contribution in [0.3, 0.4) is 0 Å². The maximum absolute atomic E-state index is 11.2. The third kappa shape index (κ3) is 1.60. The van der Waals surface area contributed by atoms with Gasteiger partial charge in [0.25, 0.3) is 0 Å². The topological polar surface area (TPSA) is 69.0 Å². The smallest absolute Gasteiger partial charge is 0.322 e. The van der Waals surface area contributed by atoms with E-state index < -0.39 is 0 Å². The van der Waals surface area contributed by atoms with Gasteiger partial charge in [-0.2, -0.15) is 5.10 Å². The summed E-state index contributed by atoms with van der Waals surface area (Å²) >= 11 is 0. The van der Waals surface area contributed by atoms with E-state index in [2.05, 4.69) is 20.1 Å². The quantitative estimate of drug-likeness (QED) is 0.637. The fourth-order valence-electron chi connectivity index (χ4n) is 1.65. The second kappa shape index (κ2) is 3.75. The molecule has 0 bridgehead atoms. The summed E-state index contributed by atoms with van der Waals surface area (Å²) in [5.74, 6) is -0.215. The molecule has 1 aliphatic rings. The van der Waals surface area contributed by atoms with Crippen LogP contribution in [0, 0.1) is 0 Å². The van der Waals surface area contributed by atoms with Crippen LogP contribution in [0.2, 0.25) is 0 Å². The Kier molecular flexibility index (Phi) is 2.45. The zero-order valence-electron chi connectivity index (χ0n) is 7.88. The first-order chi connectivity index (χ1) is 6.81. The molecule has 0 unspecified atom stereocenters. The molecule has 0 radical (unpaired) electrons. The second-order valence-electron chi connectivity index (χ2n) is 3.25. The molecule has 6 nitrogen and oxygen atoms in total. The summed E-state index contributed by atoms with van der Waals surface area (Å²) < 4.78 is 6.41. The van der Waals surface area contributed by atoms with Crippen molar-refractivity contribution in [2.45, 2.75) is 18.5 Å². The predicted octanol–water partition coefficient (Wildman–Crippen LogP) is -0.646. The Balaban J connectivity index is 1.98. The van der Waals surface area contributed by atoms with E-state index in [1.807, 2.05) is 0 Å². The molecule has 0 amide bonds. The number of esters is 1. The number of nitrogens with zero attached hydrogens (tertiary/aromatic N) is 3. The van der Waals surface area contributed by atoms with E-state index in [0.717, 1.165) is 6.54 Å². The molecule has 2 heterocycles. The highest BCUT2D eigenvalue weighted by atomic mass is 16.5. The van der Waals surface area contributed by atoms with Crippen LogP contribution in [0.15, 0.2) is 12.7 Å². The fraction of sp³-hybridized carbons (Fsp3) is 0.625. The monoisotopic (exact) mass is 196 g/mol. The van der Waals surface area contributed by atoms with E-state index in [9.17, 15) is 4.79 Å². The van der Waals surface area contributed by atoms with E-state index in [0.29, 0.717) is 6.42 Å². The largest absolute Gasteiger partial charge is 0.468 e. The Hall–Kier alpha value is -1.43. The molecule has 1 aliphatic heterocycles. The molecule has 6 heteroatoms. The molecule has 0 aliphatic carbocycles. The first-order valence-electron chi connectivity index (χ1n) is 4.46. The fourth-order valence-corrected chi connectivity index (χ4v) is 1.65. The van der Waals surface area contributed by atoms with Gasteiger partial charge in [-0.1, -0.05) is 0 Å². The van der Waals surface area contributed by atoms with Crippen molar-refractivity contribution in [3.8, 4) is 0 Å². The number of nitrogens with one attached hydrogen (secondary N) is 1. The first-order valence-corrected chi connectivity index (χ1v) is 4.46. The summed E-state index contributed by atoms with van der Waals surface area (Å²) in [6.07, 6.45) is 3.85. The van der Waals surface area contributed by atoms with Gasteiger partial charge in [-0.05, 0) is 6.42 Å². The molecule has 76 valence electrons. The van der Waals surface area contributed by atoms with Gasteiger partial charge < -0.3 is 10.1 Å². The van der Waals surface area contributed by atoms with Gasteiger partial charge in [0, 0.05) is 6.54 Å². The highest BCUT2D eigenvalue weighted by molar-refractivity contribution is 5.76. The first kappa shape index (κ1) is 9.14. The number of methoxy groups -OCH3 is 1. The van der Waals surface area contributed by atoms with Gasteiger partial charge in [-0.25, -0.2) is 9.67 Å². The van der Waals surface area contributed by atoms with Crippen LogP contribution >= 0.6 is 0 Å². The number of hydrogen-bond acceptors (Lipinski definition) is 5. The van der Waals surface area contributed by atoms with Crippen LogP contribution < -0.4 is 5.32 Å². The summed E-state index contributed by atoms with van der Waals surface area (Å²) in [6, 6.07) is -0.0178. The molecule has 1 saturated heterocycles. The molecule has 1 fully saturated rings. The van der Waals surface area contributed by atoms with Crippen LogP contribution in [-0.4, -0.2) is 40.4 Å². The number of aromatic nitrogens is 3. The molecule has 2 atom stereocenters. The third-order valence-corrected chi connectivity index (χ3v) is 2.40. The third-order valence-electron chi connectivity index (χ3n) is 2.40. The molecule has 0 spiro atoms. The molecule has 1 aromatic rings. The van der Waals surface area contributed by atoms with Crippen molar-refractivity contribution in [1.29, 1.82) is 0 Å². The molecule has 0 saturated carbocycles. The maximum Gasteiger partial charge on any atom is 0.322 e. The molecule has 2 rings (SSSR count). The van der Waals surface area contributed by atoms with Crippen molar-refractivity contribution < 1.29 is 9.53 Å². The maximum atomic E-state index is 11.2. The van der Waals surface area contributed by atoms with Gasteiger partial charge in [0.15, 0.2) is 0 Å². The minimum Gasteiger partial charge on any atom is -0.468 e. The van der Waals surface area contributed by atoms with E-state index in [-0.39, 0.29) is 18.1 Å². The van der Waals surface area contributed by atoms with Crippen molar-refractivity contribution in [3.63, 3.8) is 0 Å². The van der Waals surface area contributed by atoms with E-state index >= 15 is 0 Å². The van der Waals surface area contributed by atoms with Crippen molar-refractivity contribution in [2.24, 2.45) is 0 Å². The minimum atomic E-state index is -0.215. The van der Waals surface area contributed by atoms with Crippen LogP contribution in [0.5, 0.6) is 0 Å². The molecular formula is C8H12N4O2. The standard InChI is InChI=1S/C8H12N4O2/c1-14-8(13)7-2-6(3-10-7)12-5-9-4-11-12/h4-7,10H,2-3H2,1H3/t6-,7-/m0/s1. The number of carbonyl (C=O) groups excluding carboxylic acids is 1. The van der Waals surface area contributed by atoms with Gasteiger partial charge in [-0.15, -0.1) is 0 Å². The molecular weight excluding hydrogens is 184 g/mol. The van der Waals surface area contributed by atoms with Crippen molar-refractivity contribution in [2.75, 3.05) is 13.7 Å². The van der Waals surface area contributed by atoms with E-state index in [1.54, 1.807) is 11.0 Å². The lowest BCUT2D eigenvalue weighted by Crippen LogP contribution is -2.31. The SMILES string of the molecule is COC(=O)[C@@H]1C[C@H](n2cncn2)CN1. The average Bonchev–Trinajstić information content (AvgIpc) is 2.86. The average molecular weight is 196 g/mol. The summed E-state index contributed by atoms with van der Waals surface area (Å²) in [5, 5.41) is 7.11. The lowest BCUT2D eigenvalue weighted by molar-refractivity contribution is -0.142. The number of carbonyl (C=O) groups is 1. The van der Waals surface area contributed by atoms with Crippen molar-refractivity contribution in [1.82, 2.24) is 20.1 Å². The van der Waals surface area contributed by atoms with Crippen LogP contribution in [0.25, 0.3) is 0 Å². The summed E-state index contributed by atoms with van der Waals surface area (Å²) in [5.41, 5.74) is 0. The van der Waals surface area contributed by atoms with Crippen molar-refractivity contribution >= 4 is 5.97 Å². The molecule has 1 aromatic heterocycles. The van der Waals surface area contributed by atoms with Gasteiger partial charge in [-0.3, -0.25) is 4.79 Å². The Morgan fingerprint density at radius 1 is 1.71 bits per heavy atom. The van der Waals surface area contributed by atoms with Gasteiger partial charge in [0.2, 0.25) is 0 Å². The van der Waals surface area contributed by atoms with Gasteiger partial charge in [0.05, 0.1) is 13.2 Å². The van der Waals surface area contributed by atoms with Gasteiger partial charge >= 0.3 is 5.97 Å². The Morgan fingerprint density at radius 2 is 2.57 bits per heavy atom. The Bertz CT molecular complexity index is 311. The van der Waals surface area contributed by atoms with Crippen LogP contribution in [0.1, 0.15) is 12.5 Å². The lowest BCUT2D eigenvalue weighted by Gasteiger charge is -2.08. The van der Waals surface area contributed by atoms with E-state index in [4.69, 9.17) is 0 Å². The van der Waals surface area contributed by atoms with Crippen LogP contribution in [0.4, 0.5) is 0 Å². The second-order valence-corrected chi connectivity index (χ2v) is 3.25. The summed E-state index contributed by atoms with van der Waals surface area (Å²) in [7, 11) is 1.40. The van der Waals surface area contributed by atoms with Crippen molar-refractivity contribution in [3.05, 3.63) is 12.7 Å². The van der Waals surface area contributed by atoms with E-state index in [1.165, 1.54) is 13.4 Å².